The Balaban J connectivity index is 2.02. The molecule has 0 unspecified atom stereocenters. The van der Waals surface area contributed by atoms with Crippen LogP contribution in [0.4, 0.5) is 10.1 Å². The average molecular weight is 401 g/mol. The topological polar surface area (TPSA) is 52.4 Å². The number of nitro groups is 1. The number of allylic oxidation sites excluding steroid dienone is 4. The monoisotopic (exact) mass is 401 g/mol. The van der Waals surface area contributed by atoms with Gasteiger partial charge in [0.1, 0.15) is 11.6 Å². The highest BCUT2D eigenvalue weighted by Crippen LogP contribution is 2.43. The van der Waals surface area contributed by atoms with E-state index >= 15 is 0 Å². The molecule has 0 bridgehead atoms. The van der Waals surface area contributed by atoms with Gasteiger partial charge in [-0.2, -0.15) is 0 Å². The lowest BCUT2D eigenvalue weighted by Crippen LogP contribution is -1.98. The predicted molar refractivity (Wildman–Crippen MR) is 117 cm³/mol. The molecule has 4 rings (SSSR count). The van der Waals surface area contributed by atoms with Crippen molar-refractivity contribution in [3.05, 3.63) is 100 Å². The van der Waals surface area contributed by atoms with Crippen molar-refractivity contribution in [1.29, 1.82) is 0 Å². The number of nitrogens with zero attached hydrogens (tertiary/aromatic N) is 1. The molecule has 0 spiro atoms. The lowest BCUT2D eigenvalue weighted by Gasteiger charge is -2.17. The Morgan fingerprint density at radius 3 is 2.57 bits per heavy atom. The fourth-order valence-corrected chi connectivity index (χ4v) is 3.83. The minimum absolute atomic E-state index is 0.0209. The van der Waals surface area contributed by atoms with Crippen molar-refractivity contribution in [1.82, 2.24) is 0 Å². The Bertz CT molecular complexity index is 1180. The summed E-state index contributed by atoms with van der Waals surface area (Å²) in [5.41, 5.74) is 3.78. The van der Waals surface area contributed by atoms with E-state index in [1.807, 2.05) is 42.5 Å². The summed E-state index contributed by atoms with van der Waals surface area (Å²) in [5, 5.41) is 11.6. The highest BCUT2D eigenvalue weighted by molar-refractivity contribution is 5.91. The van der Waals surface area contributed by atoms with Crippen molar-refractivity contribution in [2.24, 2.45) is 0 Å². The summed E-state index contributed by atoms with van der Waals surface area (Å²) in [7, 11) is 1.57. The standard InChI is InChI=1S/C25H20FNO3/c1-30-24-13-6-5-10-19(24)21-16-18(17-8-3-2-4-9-17)14-15-20(21)25-22(26)11-7-12-23(25)27(28)29/h2-3,5-8,10-16H,4,9H2,1H3. The third kappa shape index (κ3) is 3.62. The van der Waals surface area contributed by atoms with Crippen molar-refractivity contribution in [3.8, 4) is 28.0 Å². The number of hydrogen-bond acceptors (Lipinski definition) is 3. The molecule has 3 aromatic carbocycles. The zero-order valence-corrected chi connectivity index (χ0v) is 16.5. The normalized spacial score (nSPS) is 13.1. The van der Waals surface area contributed by atoms with E-state index in [1.54, 1.807) is 13.2 Å². The largest absolute Gasteiger partial charge is 0.496 e. The number of methoxy groups -OCH3 is 1. The first kappa shape index (κ1) is 19.6. The SMILES string of the molecule is COc1ccccc1-c1cc(C2=CC=CCC2)ccc1-c1c(F)cccc1[N+](=O)[O-]. The van der Waals surface area contributed by atoms with Crippen LogP contribution in [0.1, 0.15) is 18.4 Å². The molecule has 0 N–H and O–H groups in total. The Kier molecular flexibility index (Phi) is 5.44. The van der Waals surface area contributed by atoms with E-state index in [0.717, 1.165) is 24.0 Å². The van der Waals surface area contributed by atoms with Gasteiger partial charge in [-0.1, -0.05) is 54.6 Å². The molecule has 30 heavy (non-hydrogen) atoms. The summed E-state index contributed by atoms with van der Waals surface area (Å²) in [5.74, 6) is -0.0136. The summed E-state index contributed by atoms with van der Waals surface area (Å²) < 4.78 is 20.4. The molecule has 150 valence electrons. The second kappa shape index (κ2) is 8.33. The molecular formula is C25H20FNO3. The molecule has 0 fully saturated rings. The van der Waals surface area contributed by atoms with Crippen molar-refractivity contribution in [2.75, 3.05) is 7.11 Å². The molecule has 0 amide bonds. The molecule has 0 radical (unpaired) electrons. The molecule has 0 atom stereocenters. The van der Waals surface area contributed by atoms with E-state index in [9.17, 15) is 14.5 Å². The van der Waals surface area contributed by atoms with Gasteiger partial charge in [-0.3, -0.25) is 10.1 Å². The zero-order chi connectivity index (χ0) is 21.1. The molecule has 3 aromatic rings. The number of rotatable bonds is 5. The van der Waals surface area contributed by atoms with Gasteiger partial charge in [0, 0.05) is 11.6 Å². The number of benzene rings is 3. The third-order valence-electron chi connectivity index (χ3n) is 5.26. The number of ether oxygens (including phenoxy) is 1. The Labute approximate surface area is 174 Å². The Hall–Kier alpha value is -3.73. The van der Waals surface area contributed by atoms with E-state index in [1.165, 1.54) is 23.8 Å². The molecule has 0 saturated carbocycles. The average Bonchev–Trinajstić information content (AvgIpc) is 2.79. The van der Waals surface area contributed by atoms with E-state index in [0.29, 0.717) is 16.9 Å². The lowest BCUT2D eigenvalue weighted by molar-refractivity contribution is -0.384. The zero-order valence-electron chi connectivity index (χ0n) is 16.5. The van der Waals surface area contributed by atoms with Gasteiger partial charge in [-0.15, -0.1) is 0 Å². The van der Waals surface area contributed by atoms with Crippen LogP contribution in [-0.4, -0.2) is 12.0 Å². The van der Waals surface area contributed by atoms with Crippen LogP contribution in [0.5, 0.6) is 5.75 Å². The van der Waals surface area contributed by atoms with Crippen molar-refractivity contribution >= 4 is 11.3 Å². The van der Waals surface area contributed by atoms with Gasteiger partial charge in [-0.05, 0) is 53.3 Å². The van der Waals surface area contributed by atoms with Gasteiger partial charge in [0.15, 0.2) is 0 Å². The van der Waals surface area contributed by atoms with Gasteiger partial charge in [0.05, 0.1) is 17.6 Å². The van der Waals surface area contributed by atoms with Crippen LogP contribution in [0, 0.1) is 15.9 Å². The van der Waals surface area contributed by atoms with Crippen molar-refractivity contribution in [2.45, 2.75) is 12.8 Å². The van der Waals surface area contributed by atoms with E-state index in [-0.39, 0.29) is 11.3 Å². The van der Waals surface area contributed by atoms with Gasteiger partial charge >= 0.3 is 0 Å². The minimum Gasteiger partial charge on any atom is -0.496 e. The number of nitro benzene ring substituents is 1. The summed E-state index contributed by atoms with van der Waals surface area (Å²) in [4.78, 5) is 11.1. The highest BCUT2D eigenvalue weighted by Gasteiger charge is 2.24. The quantitative estimate of drug-likeness (QED) is 0.348. The molecule has 0 aromatic heterocycles. The van der Waals surface area contributed by atoms with E-state index in [2.05, 4.69) is 12.2 Å². The van der Waals surface area contributed by atoms with Crippen LogP contribution >= 0.6 is 0 Å². The van der Waals surface area contributed by atoms with Crippen LogP contribution in [-0.2, 0) is 0 Å². The van der Waals surface area contributed by atoms with Gasteiger partial charge in [0.2, 0.25) is 0 Å². The Morgan fingerprint density at radius 1 is 1.00 bits per heavy atom. The maximum absolute atomic E-state index is 14.9. The Morgan fingerprint density at radius 2 is 1.83 bits per heavy atom. The van der Waals surface area contributed by atoms with Crippen LogP contribution in [0.25, 0.3) is 27.8 Å². The van der Waals surface area contributed by atoms with Crippen LogP contribution in [0.15, 0.2) is 78.9 Å². The smallest absolute Gasteiger partial charge is 0.280 e. The maximum Gasteiger partial charge on any atom is 0.280 e. The first-order chi connectivity index (χ1) is 14.6. The fraction of sp³-hybridized carbons (Fsp3) is 0.120. The molecule has 4 nitrogen and oxygen atoms in total. The van der Waals surface area contributed by atoms with E-state index in [4.69, 9.17) is 4.74 Å². The first-order valence-corrected chi connectivity index (χ1v) is 9.67. The van der Waals surface area contributed by atoms with Crippen molar-refractivity contribution < 1.29 is 14.1 Å². The van der Waals surface area contributed by atoms with Gasteiger partial charge < -0.3 is 4.74 Å². The van der Waals surface area contributed by atoms with Crippen LogP contribution in [0.2, 0.25) is 0 Å². The molecular weight excluding hydrogens is 381 g/mol. The molecule has 5 heteroatoms. The van der Waals surface area contributed by atoms with Crippen LogP contribution < -0.4 is 4.74 Å². The molecule has 1 aliphatic rings. The minimum atomic E-state index is -0.632. The maximum atomic E-state index is 14.9. The lowest BCUT2D eigenvalue weighted by atomic mass is 9.88. The predicted octanol–water partition coefficient (Wildman–Crippen LogP) is 6.81. The number of hydrogen-bond donors (Lipinski definition) is 0. The summed E-state index contributed by atoms with van der Waals surface area (Å²) in [6.45, 7) is 0. The molecule has 1 aliphatic carbocycles. The second-order valence-electron chi connectivity index (χ2n) is 7.01. The summed E-state index contributed by atoms with van der Waals surface area (Å²) >= 11 is 0. The fourth-order valence-electron chi connectivity index (χ4n) is 3.83. The van der Waals surface area contributed by atoms with E-state index < -0.39 is 10.7 Å². The second-order valence-corrected chi connectivity index (χ2v) is 7.01. The first-order valence-electron chi connectivity index (χ1n) is 9.67. The summed E-state index contributed by atoms with van der Waals surface area (Å²) in [6.07, 6.45) is 8.06. The third-order valence-corrected chi connectivity index (χ3v) is 5.26. The van der Waals surface area contributed by atoms with Gasteiger partial charge in [-0.25, -0.2) is 4.39 Å². The number of para-hydroxylation sites is 1. The van der Waals surface area contributed by atoms with Crippen molar-refractivity contribution in [3.63, 3.8) is 0 Å². The van der Waals surface area contributed by atoms with Crippen LogP contribution in [0.3, 0.4) is 0 Å². The molecule has 0 aliphatic heterocycles. The molecule has 0 saturated heterocycles. The van der Waals surface area contributed by atoms with Gasteiger partial charge in [0.25, 0.3) is 5.69 Å². The highest BCUT2D eigenvalue weighted by atomic mass is 19.1. The molecule has 0 heterocycles. The summed E-state index contributed by atoms with van der Waals surface area (Å²) in [6, 6.07) is 17.0. The number of halogens is 1.